The van der Waals surface area contributed by atoms with Crippen LogP contribution in [-0.2, 0) is 20.9 Å². The van der Waals surface area contributed by atoms with Crippen LogP contribution < -0.4 is 4.74 Å². The second-order valence-corrected chi connectivity index (χ2v) is 6.05. The van der Waals surface area contributed by atoms with Gasteiger partial charge in [0.05, 0.1) is 11.3 Å². The SMILES string of the molecule is CC(C)C(=O)OCc1ccc(OC(=O)C(C)(C)C)cc1. The van der Waals surface area contributed by atoms with E-state index in [1.54, 1.807) is 58.9 Å². The molecule has 20 heavy (non-hydrogen) atoms. The van der Waals surface area contributed by atoms with E-state index in [1.807, 2.05) is 0 Å². The van der Waals surface area contributed by atoms with Crippen molar-refractivity contribution in [2.24, 2.45) is 11.3 Å². The highest BCUT2D eigenvalue weighted by Gasteiger charge is 2.23. The molecule has 1 rings (SSSR count). The summed E-state index contributed by atoms with van der Waals surface area (Å²) in [6.45, 7) is 9.21. The van der Waals surface area contributed by atoms with Crippen LogP contribution in [-0.4, -0.2) is 11.9 Å². The van der Waals surface area contributed by atoms with Crippen LogP contribution in [0.1, 0.15) is 40.2 Å². The monoisotopic (exact) mass is 278 g/mol. The molecule has 0 N–H and O–H groups in total. The Morgan fingerprint density at radius 3 is 2.10 bits per heavy atom. The molecule has 0 bridgehead atoms. The Bertz CT molecular complexity index is 466. The summed E-state index contributed by atoms with van der Waals surface area (Å²) in [5, 5.41) is 0. The Morgan fingerprint density at radius 1 is 1.10 bits per heavy atom. The number of carbonyl (C=O) groups is 2. The Labute approximate surface area is 120 Å². The average Bonchev–Trinajstić information content (AvgIpc) is 2.36. The first-order valence-corrected chi connectivity index (χ1v) is 6.68. The summed E-state index contributed by atoms with van der Waals surface area (Å²) >= 11 is 0. The smallest absolute Gasteiger partial charge is 0.316 e. The predicted molar refractivity (Wildman–Crippen MR) is 76.2 cm³/mol. The van der Waals surface area contributed by atoms with Crippen molar-refractivity contribution < 1.29 is 19.1 Å². The number of hydrogen-bond donors (Lipinski definition) is 0. The van der Waals surface area contributed by atoms with E-state index in [0.29, 0.717) is 5.75 Å². The lowest BCUT2D eigenvalue weighted by Crippen LogP contribution is -2.25. The fourth-order valence-electron chi connectivity index (χ4n) is 1.23. The lowest BCUT2D eigenvalue weighted by atomic mass is 9.97. The Kier molecular flexibility index (Phi) is 5.31. The van der Waals surface area contributed by atoms with E-state index in [1.165, 1.54) is 0 Å². The fourth-order valence-corrected chi connectivity index (χ4v) is 1.23. The van der Waals surface area contributed by atoms with Gasteiger partial charge in [0.2, 0.25) is 0 Å². The zero-order valence-corrected chi connectivity index (χ0v) is 12.7. The number of benzene rings is 1. The Morgan fingerprint density at radius 2 is 1.65 bits per heavy atom. The topological polar surface area (TPSA) is 52.6 Å². The summed E-state index contributed by atoms with van der Waals surface area (Å²) in [5.41, 5.74) is 0.320. The van der Waals surface area contributed by atoms with Crippen LogP contribution >= 0.6 is 0 Å². The maximum atomic E-state index is 11.7. The third-order valence-electron chi connectivity index (χ3n) is 2.60. The molecule has 1 aromatic rings. The first-order chi connectivity index (χ1) is 9.20. The first-order valence-electron chi connectivity index (χ1n) is 6.68. The quantitative estimate of drug-likeness (QED) is 0.626. The van der Waals surface area contributed by atoms with E-state index >= 15 is 0 Å². The number of carbonyl (C=O) groups excluding carboxylic acids is 2. The van der Waals surface area contributed by atoms with E-state index in [4.69, 9.17) is 9.47 Å². The molecule has 0 aliphatic carbocycles. The third kappa shape index (κ3) is 5.03. The molecule has 4 heteroatoms. The summed E-state index contributed by atoms with van der Waals surface area (Å²) in [6, 6.07) is 6.95. The summed E-state index contributed by atoms with van der Waals surface area (Å²) in [7, 11) is 0. The number of esters is 2. The second kappa shape index (κ2) is 6.55. The van der Waals surface area contributed by atoms with Gasteiger partial charge in [0, 0.05) is 0 Å². The zero-order chi connectivity index (χ0) is 15.3. The van der Waals surface area contributed by atoms with E-state index in [9.17, 15) is 9.59 Å². The Balaban J connectivity index is 2.57. The molecule has 0 saturated carbocycles. The molecule has 0 spiro atoms. The minimum absolute atomic E-state index is 0.137. The maximum Gasteiger partial charge on any atom is 0.316 e. The van der Waals surface area contributed by atoms with Gasteiger partial charge in [-0.25, -0.2) is 0 Å². The van der Waals surface area contributed by atoms with E-state index < -0.39 is 5.41 Å². The van der Waals surface area contributed by atoms with Crippen molar-refractivity contribution in [3.63, 3.8) is 0 Å². The van der Waals surface area contributed by atoms with E-state index in [-0.39, 0.29) is 24.5 Å². The van der Waals surface area contributed by atoms with Gasteiger partial charge in [0.1, 0.15) is 12.4 Å². The number of rotatable bonds is 4. The second-order valence-electron chi connectivity index (χ2n) is 6.05. The molecule has 0 amide bonds. The van der Waals surface area contributed by atoms with Crippen molar-refractivity contribution in [1.29, 1.82) is 0 Å². The molecule has 0 saturated heterocycles. The van der Waals surface area contributed by atoms with E-state index in [0.717, 1.165) is 5.56 Å². The molecule has 0 atom stereocenters. The van der Waals surface area contributed by atoms with Gasteiger partial charge in [-0.3, -0.25) is 9.59 Å². The lowest BCUT2D eigenvalue weighted by molar-refractivity contribution is -0.148. The van der Waals surface area contributed by atoms with Crippen LogP contribution in [0.15, 0.2) is 24.3 Å². The van der Waals surface area contributed by atoms with Gasteiger partial charge < -0.3 is 9.47 Å². The summed E-state index contributed by atoms with van der Waals surface area (Å²) < 4.78 is 10.4. The molecule has 0 fully saturated rings. The highest BCUT2D eigenvalue weighted by atomic mass is 16.5. The van der Waals surface area contributed by atoms with E-state index in [2.05, 4.69) is 0 Å². The van der Waals surface area contributed by atoms with Gasteiger partial charge in [-0.2, -0.15) is 0 Å². The van der Waals surface area contributed by atoms with Crippen LogP contribution in [0, 0.1) is 11.3 Å². The predicted octanol–water partition coefficient (Wildman–Crippen LogP) is 3.34. The van der Waals surface area contributed by atoms with Gasteiger partial charge in [0.25, 0.3) is 0 Å². The van der Waals surface area contributed by atoms with Crippen molar-refractivity contribution >= 4 is 11.9 Å². The molecule has 0 aliphatic heterocycles. The number of hydrogen-bond acceptors (Lipinski definition) is 4. The minimum Gasteiger partial charge on any atom is -0.461 e. The van der Waals surface area contributed by atoms with Gasteiger partial charge >= 0.3 is 11.9 Å². The normalized spacial score (nSPS) is 11.3. The number of ether oxygens (including phenoxy) is 2. The molecule has 1 aromatic carbocycles. The van der Waals surface area contributed by atoms with Gasteiger partial charge in [-0.05, 0) is 38.5 Å². The molecular formula is C16H22O4. The molecule has 0 unspecified atom stereocenters. The van der Waals surface area contributed by atoms with Crippen LogP contribution in [0.2, 0.25) is 0 Å². The Hall–Kier alpha value is -1.84. The van der Waals surface area contributed by atoms with Crippen LogP contribution in [0.3, 0.4) is 0 Å². The van der Waals surface area contributed by atoms with Gasteiger partial charge in [-0.15, -0.1) is 0 Å². The van der Waals surface area contributed by atoms with Crippen molar-refractivity contribution in [3.8, 4) is 5.75 Å². The minimum atomic E-state index is -0.536. The van der Waals surface area contributed by atoms with Crippen molar-refractivity contribution in [3.05, 3.63) is 29.8 Å². The van der Waals surface area contributed by atoms with Crippen LogP contribution in [0.4, 0.5) is 0 Å². The fraction of sp³-hybridized carbons (Fsp3) is 0.500. The molecule has 0 heterocycles. The van der Waals surface area contributed by atoms with Crippen LogP contribution in [0.25, 0.3) is 0 Å². The van der Waals surface area contributed by atoms with Crippen molar-refractivity contribution in [1.82, 2.24) is 0 Å². The molecule has 0 aliphatic rings. The highest BCUT2D eigenvalue weighted by Crippen LogP contribution is 2.20. The summed E-state index contributed by atoms with van der Waals surface area (Å²) in [5.74, 6) is -0.157. The standard InChI is InChI=1S/C16H22O4/c1-11(2)14(17)19-10-12-6-8-13(9-7-12)20-15(18)16(3,4)5/h6-9,11H,10H2,1-5H3. The molecule has 0 aromatic heterocycles. The molecule has 0 radical (unpaired) electrons. The maximum absolute atomic E-state index is 11.7. The largest absolute Gasteiger partial charge is 0.461 e. The van der Waals surface area contributed by atoms with Gasteiger partial charge in [-0.1, -0.05) is 26.0 Å². The average molecular weight is 278 g/mol. The molecule has 110 valence electrons. The highest BCUT2D eigenvalue weighted by molar-refractivity contribution is 5.77. The van der Waals surface area contributed by atoms with Crippen LogP contribution in [0.5, 0.6) is 5.75 Å². The van der Waals surface area contributed by atoms with Gasteiger partial charge in [0.15, 0.2) is 0 Å². The lowest BCUT2D eigenvalue weighted by Gasteiger charge is -2.16. The molecule has 4 nitrogen and oxygen atoms in total. The van der Waals surface area contributed by atoms with Crippen molar-refractivity contribution in [2.75, 3.05) is 0 Å². The molecular weight excluding hydrogens is 256 g/mol. The summed E-state index contributed by atoms with van der Waals surface area (Å²) in [4.78, 5) is 23.1. The first kappa shape index (κ1) is 16.2. The third-order valence-corrected chi connectivity index (χ3v) is 2.60. The summed E-state index contributed by atoms with van der Waals surface area (Å²) in [6.07, 6.45) is 0. The zero-order valence-electron chi connectivity index (χ0n) is 12.7. The van der Waals surface area contributed by atoms with Crippen molar-refractivity contribution in [2.45, 2.75) is 41.2 Å².